The van der Waals surface area contributed by atoms with Gasteiger partial charge in [-0.15, -0.1) is 22.0 Å². The lowest BCUT2D eigenvalue weighted by Crippen LogP contribution is -2.13. The standard InChI is InChI=1S/C24H21N3O2S/c1-16-6-10-18(11-7-16)23-26-27-24(29-23)19-4-3-5-20(14-19)25-22(28)15-30-21-12-8-17(2)9-13-21/h3-14H,15H2,1-2H3,(H,25,28). The van der Waals surface area contributed by atoms with Crippen LogP contribution in [0.1, 0.15) is 11.1 Å². The lowest BCUT2D eigenvalue weighted by atomic mass is 10.1. The topological polar surface area (TPSA) is 68.0 Å². The summed E-state index contributed by atoms with van der Waals surface area (Å²) in [6, 6.07) is 23.5. The van der Waals surface area contributed by atoms with Crippen LogP contribution in [0.15, 0.2) is 82.1 Å². The van der Waals surface area contributed by atoms with Crippen molar-refractivity contribution in [1.29, 1.82) is 0 Å². The zero-order chi connectivity index (χ0) is 20.9. The minimum Gasteiger partial charge on any atom is -0.416 e. The lowest BCUT2D eigenvalue weighted by Gasteiger charge is -2.06. The highest BCUT2D eigenvalue weighted by molar-refractivity contribution is 8.00. The van der Waals surface area contributed by atoms with Crippen LogP contribution in [0.5, 0.6) is 0 Å². The number of carbonyl (C=O) groups excluding carboxylic acids is 1. The van der Waals surface area contributed by atoms with Gasteiger partial charge in [0.2, 0.25) is 17.7 Å². The van der Waals surface area contributed by atoms with Gasteiger partial charge in [0.05, 0.1) is 5.75 Å². The Kier molecular flexibility index (Phi) is 5.95. The van der Waals surface area contributed by atoms with Crippen molar-refractivity contribution in [2.45, 2.75) is 18.7 Å². The number of hydrogen-bond acceptors (Lipinski definition) is 5. The number of anilines is 1. The van der Waals surface area contributed by atoms with E-state index in [0.29, 0.717) is 23.2 Å². The summed E-state index contributed by atoms with van der Waals surface area (Å²) in [6.45, 7) is 4.07. The second-order valence-corrected chi connectivity index (χ2v) is 8.06. The predicted molar refractivity (Wildman–Crippen MR) is 120 cm³/mol. The molecule has 1 aromatic heterocycles. The smallest absolute Gasteiger partial charge is 0.248 e. The van der Waals surface area contributed by atoms with Crippen LogP contribution in [0, 0.1) is 13.8 Å². The summed E-state index contributed by atoms with van der Waals surface area (Å²) < 4.78 is 5.83. The zero-order valence-electron chi connectivity index (χ0n) is 16.8. The number of nitrogens with one attached hydrogen (secondary N) is 1. The van der Waals surface area contributed by atoms with E-state index in [1.54, 1.807) is 0 Å². The van der Waals surface area contributed by atoms with E-state index in [1.165, 1.54) is 22.9 Å². The van der Waals surface area contributed by atoms with Crippen molar-refractivity contribution in [2.24, 2.45) is 0 Å². The molecule has 5 nitrogen and oxygen atoms in total. The first-order valence-electron chi connectivity index (χ1n) is 9.57. The number of thioether (sulfide) groups is 1. The van der Waals surface area contributed by atoms with Gasteiger partial charge in [0.1, 0.15) is 0 Å². The second kappa shape index (κ2) is 8.97. The van der Waals surface area contributed by atoms with Gasteiger partial charge in [0.15, 0.2) is 0 Å². The average Bonchev–Trinajstić information content (AvgIpc) is 3.24. The largest absolute Gasteiger partial charge is 0.416 e. The highest BCUT2D eigenvalue weighted by Gasteiger charge is 2.12. The fourth-order valence-corrected chi connectivity index (χ4v) is 3.56. The quantitative estimate of drug-likeness (QED) is 0.406. The molecule has 0 radical (unpaired) electrons. The molecule has 4 rings (SSSR count). The molecule has 0 aliphatic rings. The minimum atomic E-state index is -0.0661. The second-order valence-electron chi connectivity index (χ2n) is 7.01. The number of hydrogen-bond donors (Lipinski definition) is 1. The maximum absolute atomic E-state index is 12.3. The van der Waals surface area contributed by atoms with E-state index in [-0.39, 0.29) is 5.91 Å². The molecule has 0 spiro atoms. The van der Waals surface area contributed by atoms with Gasteiger partial charge in [0, 0.05) is 21.7 Å². The summed E-state index contributed by atoms with van der Waals surface area (Å²) in [4.78, 5) is 13.4. The number of rotatable bonds is 6. The van der Waals surface area contributed by atoms with Gasteiger partial charge in [-0.3, -0.25) is 4.79 Å². The number of benzene rings is 3. The molecule has 0 saturated carbocycles. The van der Waals surface area contributed by atoms with E-state index in [2.05, 4.69) is 15.5 Å². The molecule has 0 bridgehead atoms. The summed E-state index contributed by atoms with van der Waals surface area (Å²) in [5.41, 5.74) is 4.69. The maximum atomic E-state index is 12.3. The molecule has 4 aromatic rings. The molecular weight excluding hydrogens is 394 g/mol. The van der Waals surface area contributed by atoms with Crippen LogP contribution in [0.2, 0.25) is 0 Å². The van der Waals surface area contributed by atoms with Gasteiger partial charge < -0.3 is 9.73 Å². The first kappa shape index (κ1) is 19.9. The van der Waals surface area contributed by atoms with Crippen LogP contribution in [-0.2, 0) is 4.79 Å². The number of aromatic nitrogens is 2. The van der Waals surface area contributed by atoms with Gasteiger partial charge in [-0.05, 0) is 56.3 Å². The highest BCUT2D eigenvalue weighted by Crippen LogP contribution is 2.26. The predicted octanol–water partition coefficient (Wildman–Crippen LogP) is 5.75. The number of carbonyl (C=O) groups is 1. The molecule has 6 heteroatoms. The Labute approximate surface area is 179 Å². The van der Waals surface area contributed by atoms with E-state index < -0.39 is 0 Å². The molecule has 30 heavy (non-hydrogen) atoms. The lowest BCUT2D eigenvalue weighted by molar-refractivity contribution is -0.113. The van der Waals surface area contributed by atoms with Crippen molar-refractivity contribution in [3.63, 3.8) is 0 Å². The number of aryl methyl sites for hydroxylation is 2. The molecule has 150 valence electrons. The summed E-state index contributed by atoms with van der Waals surface area (Å²) >= 11 is 1.51. The average molecular weight is 416 g/mol. The van der Waals surface area contributed by atoms with Crippen LogP contribution in [0.25, 0.3) is 22.9 Å². The van der Waals surface area contributed by atoms with Crippen molar-refractivity contribution in [3.05, 3.63) is 83.9 Å². The van der Waals surface area contributed by atoms with Crippen LogP contribution >= 0.6 is 11.8 Å². The first-order chi connectivity index (χ1) is 14.6. The zero-order valence-corrected chi connectivity index (χ0v) is 17.6. The highest BCUT2D eigenvalue weighted by atomic mass is 32.2. The van der Waals surface area contributed by atoms with Crippen molar-refractivity contribution in [2.75, 3.05) is 11.1 Å². The van der Waals surface area contributed by atoms with Gasteiger partial charge in [-0.1, -0.05) is 41.5 Å². The Hall–Kier alpha value is -3.38. The van der Waals surface area contributed by atoms with E-state index >= 15 is 0 Å². The Morgan fingerprint density at radius 2 is 1.50 bits per heavy atom. The van der Waals surface area contributed by atoms with E-state index in [9.17, 15) is 4.79 Å². The SMILES string of the molecule is Cc1ccc(SCC(=O)Nc2cccc(-c3nnc(-c4ccc(C)cc4)o3)c2)cc1. The molecular formula is C24H21N3O2S. The van der Waals surface area contributed by atoms with E-state index in [0.717, 1.165) is 16.0 Å². The Bertz CT molecular complexity index is 1150. The monoisotopic (exact) mass is 415 g/mol. The molecule has 0 atom stereocenters. The molecule has 1 N–H and O–H groups in total. The summed E-state index contributed by atoms with van der Waals surface area (Å²) in [5.74, 6) is 1.15. The van der Waals surface area contributed by atoms with Crippen LogP contribution < -0.4 is 5.32 Å². The van der Waals surface area contributed by atoms with E-state index in [4.69, 9.17) is 4.42 Å². The third-order valence-corrected chi connectivity index (χ3v) is 5.52. The molecule has 0 aliphatic heterocycles. The Balaban J connectivity index is 1.42. The van der Waals surface area contributed by atoms with Crippen LogP contribution in [-0.4, -0.2) is 21.9 Å². The normalized spacial score (nSPS) is 10.7. The summed E-state index contributed by atoms with van der Waals surface area (Å²) in [6.07, 6.45) is 0. The molecule has 0 unspecified atom stereocenters. The van der Waals surface area contributed by atoms with Gasteiger partial charge in [-0.25, -0.2) is 0 Å². The van der Waals surface area contributed by atoms with Gasteiger partial charge in [0.25, 0.3) is 0 Å². The van der Waals surface area contributed by atoms with Crippen molar-refractivity contribution < 1.29 is 9.21 Å². The molecule has 0 aliphatic carbocycles. The van der Waals surface area contributed by atoms with Crippen molar-refractivity contribution in [1.82, 2.24) is 10.2 Å². The number of nitrogens with zero attached hydrogens (tertiary/aromatic N) is 2. The molecule has 3 aromatic carbocycles. The minimum absolute atomic E-state index is 0.0661. The fraction of sp³-hybridized carbons (Fsp3) is 0.125. The van der Waals surface area contributed by atoms with Crippen molar-refractivity contribution >= 4 is 23.4 Å². The van der Waals surface area contributed by atoms with Gasteiger partial charge in [-0.2, -0.15) is 0 Å². The summed E-state index contributed by atoms with van der Waals surface area (Å²) in [5, 5.41) is 11.2. The summed E-state index contributed by atoms with van der Waals surface area (Å²) in [7, 11) is 0. The van der Waals surface area contributed by atoms with Crippen molar-refractivity contribution in [3.8, 4) is 22.9 Å². The number of amides is 1. The van der Waals surface area contributed by atoms with E-state index in [1.807, 2.05) is 86.6 Å². The van der Waals surface area contributed by atoms with Crippen LogP contribution in [0.4, 0.5) is 5.69 Å². The first-order valence-corrected chi connectivity index (χ1v) is 10.6. The Morgan fingerprint density at radius 1 is 0.867 bits per heavy atom. The Morgan fingerprint density at radius 3 is 2.20 bits per heavy atom. The molecule has 0 fully saturated rings. The molecule has 0 saturated heterocycles. The third-order valence-electron chi connectivity index (χ3n) is 4.51. The fourth-order valence-electron chi connectivity index (χ4n) is 2.86. The van der Waals surface area contributed by atoms with Gasteiger partial charge >= 0.3 is 0 Å². The molecule has 1 amide bonds. The third kappa shape index (κ3) is 4.96. The molecule has 1 heterocycles. The maximum Gasteiger partial charge on any atom is 0.248 e. The van der Waals surface area contributed by atoms with Crippen LogP contribution in [0.3, 0.4) is 0 Å².